The molecule has 5 nitrogen and oxygen atoms in total. The van der Waals surface area contributed by atoms with Gasteiger partial charge in [0.05, 0.1) is 9.21 Å². The zero-order valence-electron chi connectivity index (χ0n) is 8.85. The van der Waals surface area contributed by atoms with Crippen LogP contribution in [0, 0.1) is 6.92 Å². The first-order valence-electron chi connectivity index (χ1n) is 4.73. The average molecular weight is 270 g/mol. The molecule has 0 bridgehead atoms. The Kier molecular flexibility index (Phi) is 3.35. The summed E-state index contributed by atoms with van der Waals surface area (Å²) in [5, 5.41) is 8.70. The summed E-state index contributed by atoms with van der Waals surface area (Å²) in [5.41, 5.74) is 0. The molecule has 7 heteroatoms. The first-order chi connectivity index (χ1) is 8.04. The molecule has 0 saturated heterocycles. The van der Waals surface area contributed by atoms with Crippen molar-refractivity contribution in [2.24, 2.45) is 0 Å². The summed E-state index contributed by atoms with van der Waals surface area (Å²) in [6.07, 6.45) is -0.213. The lowest BCUT2D eigenvalue weighted by Crippen LogP contribution is -2.08. The largest absolute Gasteiger partial charge is 0.481 e. The van der Waals surface area contributed by atoms with Crippen molar-refractivity contribution in [2.45, 2.75) is 13.3 Å². The van der Waals surface area contributed by atoms with Gasteiger partial charge in [0, 0.05) is 0 Å². The Morgan fingerprint density at radius 3 is 2.76 bits per heavy atom. The van der Waals surface area contributed by atoms with Crippen molar-refractivity contribution in [3.8, 4) is 10.7 Å². The van der Waals surface area contributed by atoms with Crippen LogP contribution in [0.5, 0.6) is 0 Å². The Balaban J connectivity index is 2.41. The minimum absolute atomic E-state index is 0.213. The molecular weight excluding hydrogens is 262 g/mol. The molecule has 1 N–H and O–H groups in total. The highest BCUT2D eigenvalue weighted by molar-refractivity contribution is 7.19. The third-order valence-corrected chi connectivity index (χ3v) is 3.12. The molecule has 17 heavy (non-hydrogen) atoms. The Hall–Kier alpha value is -1.53. The molecule has 0 aliphatic heterocycles. The third kappa shape index (κ3) is 2.98. The number of carboxylic acid groups (broad SMARTS) is 1. The molecule has 2 aromatic rings. The van der Waals surface area contributed by atoms with Crippen LogP contribution in [0.4, 0.5) is 0 Å². The van der Waals surface area contributed by atoms with E-state index < -0.39 is 5.97 Å². The lowest BCUT2D eigenvalue weighted by molar-refractivity contribution is -0.136. The van der Waals surface area contributed by atoms with Crippen molar-refractivity contribution >= 4 is 28.9 Å². The summed E-state index contributed by atoms with van der Waals surface area (Å²) in [6.45, 7) is 1.70. The van der Waals surface area contributed by atoms with Crippen LogP contribution in [-0.2, 0) is 11.2 Å². The van der Waals surface area contributed by atoms with Crippen molar-refractivity contribution in [3.05, 3.63) is 28.1 Å². The number of thiophene rings is 1. The van der Waals surface area contributed by atoms with Gasteiger partial charge in [0.25, 0.3) is 0 Å². The van der Waals surface area contributed by atoms with Crippen LogP contribution in [0.2, 0.25) is 4.34 Å². The summed E-state index contributed by atoms with van der Waals surface area (Å²) in [7, 11) is 0. The van der Waals surface area contributed by atoms with E-state index in [-0.39, 0.29) is 12.2 Å². The lowest BCUT2D eigenvalue weighted by Gasteiger charge is -2.01. The molecule has 0 spiro atoms. The van der Waals surface area contributed by atoms with Gasteiger partial charge in [-0.3, -0.25) is 4.79 Å². The molecule has 0 radical (unpaired) electrons. The van der Waals surface area contributed by atoms with Gasteiger partial charge in [-0.05, 0) is 19.1 Å². The molecular formula is C10H8ClN3O2S. The summed E-state index contributed by atoms with van der Waals surface area (Å²) in [4.78, 5) is 23.7. The summed E-state index contributed by atoms with van der Waals surface area (Å²) >= 11 is 7.17. The highest BCUT2D eigenvalue weighted by Gasteiger charge is 2.10. The van der Waals surface area contributed by atoms with Gasteiger partial charge in [-0.15, -0.1) is 11.3 Å². The number of aryl methyl sites for hydroxylation is 1. The number of aromatic nitrogens is 3. The standard InChI is InChI=1S/C10H8ClN3O2S/c1-5-12-8(4-9(15)16)14-10(13-5)6-2-3-7(11)17-6/h2-3H,4H2,1H3,(H,15,16). The number of nitrogens with zero attached hydrogens (tertiary/aromatic N) is 3. The smallest absolute Gasteiger partial charge is 0.311 e. The van der Waals surface area contributed by atoms with Crippen LogP contribution in [-0.4, -0.2) is 26.0 Å². The highest BCUT2D eigenvalue weighted by Crippen LogP contribution is 2.28. The highest BCUT2D eigenvalue weighted by atomic mass is 35.5. The van der Waals surface area contributed by atoms with Gasteiger partial charge < -0.3 is 5.11 Å². The summed E-state index contributed by atoms with van der Waals surface area (Å²) in [5.74, 6) is 0.247. The minimum Gasteiger partial charge on any atom is -0.481 e. The Labute approximate surface area is 106 Å². The van der Waals surface area contributed by atoms with Crippen molar-refractivity contribution in [1.82, 2.24) is 15.0 Å². The molecule has 0 aliphatic rings. The van der Waals surface area contributed by atoms with E-state index in [1.54, 1.807) is 19.1 Å². The van der Waals surface area contributed by atoms with Crippen LogP contribution in [0.1, 0.15) is 11.6 Å². The fourth-order valence-corrected chi connectivity index (χ4v) is 2.27. The third-order valence-electron chi connectivity index (χ3n) is 1.90. The van der Waals surface area contributed by atoms with Gasteiger partial charge >= 0.3 is 5.97 Å². The van der Waals surface area contributed by atoms with Gasteiger partial charge in [0.15, 0.2) is 5.82 Å². The van der Waals surface area contributed by atoms with Crippen LogP contribution in [0.3, 0.4) is 0 Å². The maximum absolute atomic E-state index is 10.6. The SMILES string of the molecule is Cc1nc(CC(=O)O)nc(-c2ccc(Cl)s2)n1. The molecule has 2 heterocycles. The molecule has 0 fully saturated rings. The molecule has 0 unspecified atom stereocenters. The molecule has 0 amide bonds. The number of aliphatic carboxylic acids is 1. The van der Waals surface area contributed by atoms with E-state index in [1.807, 2.05) is 0 Å². The molecule has 2 aromatic heterocycles. The second-order valence-electron chi connectivity index (χ2n) is 3.30. The van der Waals surface area contributed by atoms with E-state index in [9.17, 15) is 4.79 Å². The lowest BCUT2D eigenvalue weighted by atomic mass is 10.4. The zero-order valence-corrected chi connectivity index (χ0v) is 10.4. The van der Waals surface area contributed by atoms with E-state index in [0.29, 0.717) is 16.0 Å². The summed E-state index contributed by atoms with van der Waals surface area (Å²) in [6, 6.07) is 3.55. The van der Waals surface area contributed by atoms with Crippen LogP contribution >= 0.6 is 22.9 Å². The van der Waals surface area contributed by atoms with Crippen molar-refractivity contribution in [3.63, 3.8) is 0 Å². The zero-order chi connectivity index (χ0) is 12.4. The van der Waals surface area contributed by atoms with Crippen LogP contribution in [0.25, 0.3) is 10.7 Å². The quantitative estimate of drug-likeness (QED) is 0.924. The predicted molar refractivity (Wildman–Crippen MR) is 64.2 cm³/mol. The Morgan fingerprint density at radius 1 is 1.41 bits per heavy atom. The molecule has 0 atom stereocenters. The number of carbonyl (C=O) groups is 1. The van der Waals surface area contributed by atoms with Gasteiger partial charge in [-0.1, -0.05) is 11.6 Å². The fourth-order valence-electron chi connectivity index (χ4n) is 1.30. The van der Waals surface area contributed by atoms with E-state index in [4.69, 9.17) is 16.7 Å². The Morgan fingerprint density at radius 2 is 2.18 bits per heavy atom. The van der Waals surface area contributed by atoms with Crippen LogP contribution < -0.4 is 0 Å². The van der Waals surface area contributed by atoms with Gasteiger partial charge in [-0.25, -0.2) is 15.0 Å². The van der Waals surface area contributed by atoms with E-state index in [1.165, 1.54) is 11.3 Å². The fraction of sp³-hybridized carbons (Fsp3) is 0.200. The number of rotatable bonds is 3. The van der Waals surface area contributed by atoms with E-state index in [0.717, 1.165) is 4.88 Å². The maximum Gasteiger partial charge on any atom is 0.311 e. The van der Waals surface area contributed by atoms with Gasteiger partial charge in [0.2, 0.25) is 0 Å². The summed E-state index contributed by atoms with van der Waals surface area (Å²) < 4.78 is 0.637. The van der Waals surface area contributed by atoms with Gasteiger partial charge in [0.1, 0.15) is 18.1 Å². The minimum atomic E-state index is -0.967. The number of carboxylic acids is 1. The molecule has 0 aliphatic carbocycles. The number of hydrogen-bond acceptors (Lipinski definition) is 5. The maximum atomic E-state index is 10.6. The van der Waals surface area contributed by atoms with Crippen molar-refractivity contribution in [1.29, 1.82) is 0 Å². The van der Waals surface area contributed by atoms with Crippen molar-refractivity contribution in [2.75, 3.05) is 0 Å². The monoisotopic (exact) mass is 269 g/mol. The molecule has 0 aromatic carbocycles. The number of hydrogen-bond donors (Lipinski definition) is 1. The molecule has 2 rings (SSSR count). The van der Waals surface area contributed by atoms with E-state index >= 15 is 0 Å². The first-order valence-corrected chi connectivity index (χ1v) is 5.93. The van der Waals surface area contributed by atoms with Crippen LogP contribution in [0.15, 0.2) is 12.1 Å². The second kappa shape index (κ2) is 4.77. The molecule has 0 saturated carbocycles. The van der Waals surface area contributed by atoms with Crippen molar-refractivity contribution < 1.29 is 9.90 Å². The average Bonchev–Trinajstić information content (AvgIpc) is 2.62. The van der Waals surface area contributed by atoms with E-state index in [2.05, 4.69) is 15.0 Å². The van der Waals surface area contributed by atoms with Gasteiger partial charge in [-0.2, -0.15) is 0 Å². The molecule has 88 valence electrons. The Bertz CT molecular complexity index is 570. The number of halogens is 1. The second-order valence-corrected chi connectivity index (χ2v) is 5.01. The normalized spacial score (nSPS) is 10.5. The predicted octanol–water partition coefficient (Wildman–Crippen LogP) is 2.19. The topological polar surface area (TPSA) is 76.0 Å². The first kappa shape index (κ1) is 11.9.